The van der Waals surface area contributed by atoms with Gasteiger partial charge in [-0.15, -0.1) is 0 Å². The third-order valence-corrected chi connectivity index (χ3v) is 3.62. The molecule has 0 aliphatic heterocycles. The molecule has 0 aliphatic carbocycles. The van der Waals surface area contributed by atoms with Crippen molar-refractivity contribution in [3.05, 3.63) is 52.0 Å². The molecule has 0 saturated carbocycles. The maximum atomic E-state index is 5.99. The smallest absolute Gasteiger partial charge is 0.260 e. The summed E-state index contributed by atoms with van der Waals surface area (Å²) in [4.78, 5) is 4.36. The van der Waals surface area contributed by atoms with Crippen LogP contribution in [0.15, 0.2) is 51.5 Å². The van der Waals surface area contributed by atoms with Crippen LogP contribution in [0, 0.1) is 0 Å². The van der Waals surface area contributed by atoms with Crippen molar-refractivity contribution in [1.82, 2.24) is 10.1 Å². The van der Waals surface area contributed by atoms with Gasteiger partial charge in [0.25, 0.3) is 5.89 Å². The predicted molar refractivity (Wildman–Crippen MR) is 82.3 cm³/mol. The number of rotatable bonds is 2. The van der Waals surface area contributed by atoms with Gasteiger partial charge < -0.3 is 10.3 Å². The largest absolute Gasteiger partial charge is 0.397 e. The number of nitrogens with two attached hydrogens (primary N) is 1. The molecule has 3 rings (SSSR count). The summed E-state index contributed by atoms with van der Waals surface area (Å²) in [5.74, 6) is 0.848. The molecule has 1 heterocycles. The molecule has 0 spiro atoms. The maximum absolute atomic E-state index is 5.99. The summed E-state index contributed by atoms with van der Waals surface area (Å²) < 4.78 is 6.21. The number of benzene rings is 2. The molecule has 0 bridgehead atoms. The lowest BCUT2D eigenvalue weighted by atomic mass is 10.2. The van der Waals surface area contributed by atoms with Gasteiger partial charge in [-0.1, -0.05) is 50.9 Å². The Morgan fingerprint density at radius 2 is 1.95 bits per heavy atom. The second kappa shape index (κ2) is 5.26. The van der Waals surface area contributed by atoms with Crippen molar-refractivity contribution in [2.24, 2.45) is 0 Å². The lowest BCUT2D eigenvalue weighted by molar-refractivity contribution is 0.432. The SMILES string of the molecule is Nc1c(Cl)cccc1-c1nc(-c2cccc(Br)c2)no1. The summed E-state index contributed by atoms with van der Waals surface area (Å²) >= 11 is 9.40. The predicted octanol–water partition coefficient (Wildman–Crippen LogP) is 4.40. The van der Waals surface area contributed by atoms with Crippen LogP contribution in [0.2, 0.25) is 5.02 Å². The molecule has 0 radical (unpaired) electrons. The molecule has 4 nitrogen and oxygen atoms in total. The monoisotopic (exact) mass is 349 g/mol. The van der Waals surface area contributed by atoms with Gasteiger partial charge in [0, 0.05) is 10.0 Å². The Hall–Kier alpha value is -1.85. The van der Waals surface area contributed by atoms with Gasteiger partial charge in [-0.2, -0.15) is 4.98 Å². The fourth-order valence-corrected chi connectivity index (χ4v) is 2.38. The molecule has 1 aromatic heterocycles. The van der Waals surface area contributed by atoms with E-state index in [1.165, 1.54) is 0 Å². The number of nitrogens with zero attached hydrogens (tertiary/aromatic N) is 2. The number of halogens is 2. The Labute approximate surface area is 128 Å². The van der Waals surface area contributed by atoms with Gasteiger partial charge in [0.05, 0.1) is 16.3 Å². The van der Waals surface area contributed by atoms with Crippen molar-refractivity contribution >= 4 is 33.2 Å². The molecule has 100 valence electrons. The molecule has 2 aromatic carbocycles. The fraction of sp³-hybridized carbons (Fsp3) is 0. The Morgan fingerprint density at radius 1 is 1.15 bits per heavy atom. The van der Waals surface area contributed by atoms with Crippen LogP contribution in [0.1, 0.15) is 0 Å². The van der Waals surface area contributed by atoms with Crippen molar-refractivity contribution in [2.45, 2.75) is 0 Å². The molecule has 2 N–H and O–H groups in total. The Morgan fingerprint density at radius 3 is 2.75 bits per heavy atom. The van der Waals surface area contributed by atoms with E-state index in [0.717, 1.165) is 10.0 Å². The minimum absolute atomic E-state index is 0.347. The molecule has 0 amide bonds. The summed E-state index contributed by atoms with van der Waals surface area (Å²) in [5.41, 5.74) is 7.84. The second-order valence-electron chi connectivity index (χ2n) is 4.13. The lowest BCUT2D eigenvalue weighted by Crippen LogP contribution is -1.91. The average molecular weight is 351 g/mol. The molecule has 0 unspecified atom stereocenters. The third kappa shape index (κ3) is 2.42. The highest BCUT2D eigenvalue weighted by molar-refractivity contribution is 9.10. The molecular formula is C14H9BrClN3O. The average Bonchev–Trinajstić information content (AvgIpc) is 2.91. The van der Waals surface area contributed by atoms with Crippen molar-refractivity contribution in [3.63, 3.8) is 0 Å². The molecule has 0 atom stereocenters. The van der Waals surface area contributed by atoms with Crippen molar-refractivity contribution in [1.29, 1.82) is 0 Å². The van der Waals surface area contributed by atoms with Crippen molar-refractivity contribution < 1.29 is 4.52 Å². The van der Waals surface area contributed by atoms with Gasteiger partial charge in [0.2, 0.25) is 5.82 Å². The van der Waals surface area contributed by atoms with Gasteiger partial charge in [-0.05, 0) is 24.3 Å². The van der Waals surface area contributed by atoms with Crippen LogP contribution in [0.25, 0.3) is 22.8 Å². The zero-order valence-corrected chi connectivity index (χ0v) is 12.5. The molecule has 20 heavy (non-hydrogen) atoms. The zero-order chi connectivity index (χ0) is 14.1. The minimum atomic E-state index is 0.347. The Bertz CT molecular complexity index is 773. The number of anilines is 1. The van der Waals surface area contributed by atoms with Gasteiger partial charge in [-0.3, -0.25) is 0 Å². The number of hydrogen-bond donors (Lipinski definition) is 1. The van der Waals surface area contributed by atoms with Crippen molar-refractivity contribution in [3.8, 4) is 22.8 Å². The first-order valence-electron chi connectivity index (χ1n) is 5.79. The normalized spacial score (nSPS) is 10.7. The Kier molecular flexibility index (Phi) is 3.46. The number of hydrogen-bond acceptors (Lipinski definition) is 4. The van der Waals surface area contributed by atoms with Crippen molar-refractivity contribution in [2.75, 3.05) is 5.73 Å². The van der Waals surface area contributed by atoms with Gasteiger partial charge in [0.1, 0.15) is 0 Å². The summed E-state index contributed by atoms with van der Waals surface area (Å²) in [7, 11) is 0. The van der Waals surface area contributed by atoms with Crippen LogP contribution in [-0.4, -0.2) is 10.1 Å². The number of para-hydroxylation sites is 1. The van der Waals surface area contributed by atoms with E-state index < -0.39 is 0 Å². The van der Waals surface area contributed by atoms with E-state index in [9.17, 15) is 0 Å². The third-order valence-electron chi connectivity index (χ3n) is 2.79. The summed E-state index contributed by atoms with van der Waals surface area (Å²) in [6.07, 6.45) is 0. The first-order chi connectivity index (χ1) is 9.65. The van der Waals surface area contributed by atoms with E-state index in [1.807, 2.05) is 24.3 Å². The molecule has 0 saturated heterocycles. The standard InChI is InChI=1S/C14H9BrClN3O/c15-9-4-1-3-8(7-9)13-18-14(20-19-13)10-5-2-6-11(16)12(10)17/h1-7H,17H2. The fourth-order valence-electron chi connectivity index (χ4n) is 1.80. The molecular weight excluding hydrogens is 342 g/mol. The van der Waals surface area contributed by atoms with Crippen LogP contribution in [0.5, 0.6) is 0 Å². The van der Waals surface area contributed by atoms with E-state index in [-0.39, 0.29) is 0 Å². The van der Waals surface area contributed by atoms with Gasteiger partial charge >= 0.3 is 0 Å². The number of aromatic nitrogens is 2. The lowest BCUT2D eigenvalue weighted by Gasteiger charge is -2.01. The van der Waals surface area contributed by atoms with E-state index >= 15 is 0 Å². The zero-order valence-electron chi connectivity index (χ0n) is 10.2. The van der Waals surface area contributed by atoms with Crippen LogP contribution >= 0.6 is 27.5 Å². The highest BCUT2D eigenvalue weighted by atomic mass is 79.9. The quantitative estimate of drug-likeness (QED) is 0.696. The van der Waals surface area contributed by atoms with Crippen LogP contribution in [0.4, 0.5) is 5.69 Å². The Balaban J connectivity index is 2.04. The number of nitrogen functional groups attached to an aromatic ring is 1. The highest BCUT2D eigenvalue weighted by Crippen LogP contribution is 2.31. The van der Waals surface area contributed by atoms with Crippen LogP contribution < -0.4 is 5.73 Å². The summed E-state index contributed by atoms with van der Waals surface area (Å²) in [6, 6.07) is 12.9. The van der Waals surface area contributed by atoms with Gasteiger partial charge in [-0.25, -0.2) is 0 Å². The van der Waals surface area contributed by atoms with Crippen LogP contribution in [0.3, 0.4) is 0 Å². The summed E-state index contributed by atoms with van der Waals surface area (Å²) in [5, 5.41) is 4.43. The molecule has 0 aliphatic rings. The van der Waals surface area contributed by atoms with Gasteiger partial charge in [0.15, 0.2) is 0 Å². The maximum Gasteiger partial charge on any atom is 0.260 e. The molecule has 3 aromatic rings. The topological polar surface area (TPSA) is 64.9 Å². The summed E-state index contributed by atoms with van der Waals surface area (Å²) in [6.45, 7) is 0. The highest BCUT2D eigenvalue weighted by Gasteiger charge is 2.14. The first-order valence-corrected chi connectivity index (χ1v) is 6.96. The molecule has 0 fully saturated rings. The first kappa shape index (κ1) is 13.1. The minimum Gasteiger partial charge on any atom is -0.397 e. The van der Waals surface area contributed by atoms with E-state index in [0.29, 0.717) is 28.0 Å². The molecule has 6 heteroatoms. The van der Waals surface area contributed by atoms with Crippen LogP contribution in [-0.2, 0) is 0 Å². The van der Waals surface area contributed by atoms with E-state index in [1.54, 1.807) is 18.2 Å². The van der Waals surface area contributed by atoms with E-state index in [2.05, 4.69) is 26.1 Å². The second-order valence-corrected chi connectivity index (χ2v) is 5.46. The van der Waals surface area contributed by atoms with E-state index in [4.69, 9.17) is 21.9 Å².